The van der Waals surface area contributed by atoms with Gasteiger partial charge in [-0.2, -0.15) is 0 Å². The zero-order chi connectivity index (χ0) is 12.8. The van der Waals surface area contributed by atoms with Gasteiger partial charge in [0, 0.05) is 5.70 Å². The van der Waals surface area contributed by atoms with Crippen LogP contribution in [0.15, 0.2) is 15.6 Å². The molecule has 3 N–H and O–H groups in total. The zero-order valence-electron chi connectivity index (χ0n) is 10.7. The van der Waals surface area contributed by atoms with E-state index in [-0.39, 0.29) is 5.91 Å². The summed E-state index contributed by atoms with van der Waals surface area (Å²) in [6, 6.07) is 0. The number of rotatable bonds is 1. The number of aliphatic imine (C=N–C) groups is 1. The normalized spacial score (nSPS) is 30.4. The van der Waals surface area contributed by atoms with Gasteiger partial charge in [0.1, 0.15) is 11.4 Å². The van der Waals surface area contributed by atoms with Gasteiger partial charge in [-0.3, -0.25) is 9.79 Å². The number of piperidine rings is 1. The van der Waals surface area contributed by atoms with Crippen molar-refractivity contribution < 1.29 is 4.79 Å². The van der Waals surface area contributed by atoms with Crippen molar-refractivity contribution in [2.24, 2.45) is 4.99 Å². The highest BCUT2D eigenvalue weighted by atomic mass is 32.2. The molecule has 0 aromatic rings. The summed E-state index contributed by atoms with van der Waals surface area (Å²) in [6.07, 6.45) is 1.59. The van der Waals surface area contributed by atoms with Crippen molar-refractivity contribution in [3.8, 4) is 0 Å². The average Bonchev–Trinajstić information content (AvgIpc) is 2.82. The zero-order valence-corrected chi connectivity index (χ0v) is 11.5. The highest BCUT2D eigenvalue weighted by Gasteiger charge is 2.45. The Morgan fingerprint density at radius 3 is 2.72 bits per heavy atom. The Morgan fingerprint density at radius 1 is 1.39 bits per heavy atom. The minimum Gasteiger partial charge on any atom is -0.376 e. The number of hydrogen-bond acceptors (Lipinski definition) is 5. The molecule has 3 aliphatic heterocycles. The van der Waals surface area contributed by atoms with Gasteiger partial charge in [0.15, 0.2) is 0 Å². The first-order valence-electron chi connectivity index (χ1n) is 6.37. The maximum absolute atomic E-state index is 12.2. The molecule has 1 amide bonds. The topological polar surface area (TPSA) is 65.5 Å². The largest absolute Gasteiger partial charge is 0.376 e. The lowest BCUT2D eigenvalue weighted by Gasteiger charge is -2.28. The lowest BCUT2D eigenvalue weighted by atomic mass is 9.89. The number of carbonyl (C=O) groups is 1. The molecular weight excluding hydrogens is 248 g/mol. The van der Waals surface area contributed by atoms with E-state index in [1.165, 1.54) is 0 Å². The number of allylic oxidation sites excluding steroid dienone is 1. The average molecular weight is 266 g/mol. The SMILES string of the molecule is CC1=C(C2=NC3(CCNCC3)C(=O)N2)SC(C)N1. The molecular formula is C12H18N4OS. The number of amidine groups is 1. The summed E-state index contributed by atoms with van der Waals surface area (Å²) in [7, 11) is 0. The van der Waals surface area contributed by atoms with Crippen LogP contribution in [0.1, 0.15) is 26.7 Å². The third-order valence-electron chi connectivity index (χ3n) is 3.68. The third kappa shape index (κ3) is 1.83. The molecule has 18 heavy (non-hydrogen) atoms. The van der Waals surface area contributed by atoms with E-state index in [9.17, 15) is 4.79 Å². The molecule has 1 fully saturated rings. The quantitative estimate of drug-likeness (QED) is 0.648. The Balaban J connectivity index is 1.89. The summed E-state index contributed by atoms with van der Waals surface area (Å²) in [4.78, 5) is 18.0. The molecule has 98 valence electrons. The fourth-order valence-corrected chi connectivity index (χ4v) is 3.74. The summed E-state index contributed by atoms with van der Waals surface area (Å²) in [5.74, 6) is 0.834. The van der Waals surface area contributed by atoms with Gasteiger partial charge in [-0.05, 0) is 39.8 Å². The first kappa shape index (κ1) is 12.0. The summed E-state index contributed by atoms with van der Waals surface area (Å²) in [5.41, 5.74) is 0.595. The van der Waals surface area contributed by atoms with E-state index in [4.69, 9.17) is 4.99 Å². The monoisotopic (exact) mass is 266 g/mol. The molecule has 0 aromatic heterocycles. The minimum absolute atomic E-state index is 0.0689. The summed E-state index contributed by atoms with van der Waals surface area (Å²) < 4.78 is 0. The van der Waals surface area contributed by atoms with Gasteiger partial charge in [0.25, 0.3) is 5.91 Å². The van der Waals surface area contributed by atoms with E-state index in [0.29, 0.717) is 5.37 Å². The van der Waals surface area contributed by atoms with Gasteiger partial charge in [0.05, 0.1) is 10.3 Å². The molecule has 0 saturated carbocycles. The fourth-order valence-electron chi connectivity index (χ4n) is 2.70. The van der Waals surface area contributed by atoms with E-state index < -0.39 is 5.54 Å². The molecule has 3 aliphatic rings. The molecule has 0 aliphatic carbocycles. The summed E-state index contributed by atoms with van der Waals surface area (Å²) in [5, 5.41) is 9.95. The van der Waals surface area contributed by atoms with Gasteiger partial charge >= 0.3 is 0 Å². The Bertz CT molecular complexity index is 451. The van der Waals surface area contributed by atoms with Gasteiger partial charge in [-0.25, -0.2) is 0 Å². The fraction of sp³-hybridized carbons (Fsp3) is 0.667. The van der Waals surface area contributed by atoms with Crippen LogP contribution in [0.5, 0.6) is 0 Å². The molecule has 1 unspecified atom stereocenters. The van der Waals surface area contributed by atoms with Crippen LogP contribution in [0, 0.1) is 0 Å². The van der Waals surface area contributed by atoms with Crippen LogP contribution < -0.4 is 16.0 Å². The second-order valence-electron chi connectivity index (χ2n) is 5.05. The number of amides is 1. The lowest BCUT2D eigenvalue weighted by Crippen LogP contribution is -2.47. The maximum atomic E-state index is 12.2. The second-order valence-corrected chi connectivity index (χ2v) is 6.41. The van der Waals surface area contributed by atoms with E-state index in [1.807, 2.05) is 6.92 Å². The van der Waals surface area contributed by atoms with Gasteiger partial charge in [-0.1, -0.05) is 11.8 Å². The smallest absolute Gasteiger partial charge is 0.253 e. The number of carbonyl (C=O) groups excluding carboxylic acids is 1. The standard InChI is InChI=1S/C12H18N4OS/c1-7-9(18-8(2)14-7)10-15-11(17)12(16-10)3-5-13-6-4-12/h8,13-14H,3-6H2,1-2H3,(H,15,16,17). The molecule has 5 nitrogen and oxygen atoms in total. The number of nitrogens with one attached hydrogen (secondary N) is 3. The van der Waals surface area contributed by atoms with E-state index in [0.717, 1.165) is 42.4 Å². The van der Waals surface area contributed by atoms with Gasteiger partial charge in [0.2, 0.25) is 0 Å². The third-order valence-corrected chi connectivity index (χ3v) is 4.89. The molecule has 3 heterocycles. The molecule has 0 radical (unpaired) electrons. The highest BCUT2D eigenvalue weighted by molar-refractivity contribution is 8.04. The molecule has 1 saturated heterocycles. The van der Waals surface area contributed by atoms with E-state index >= 15 is 0 Å². The Hall–Kier alpha value is -1.01. The molecule has 0 aromatic carbocycles. The first-order valence-corrected chi connectivity index (χ1v) is 7.25. The predicted molar refractivity (Wildman–Crippen MR) is 73.3 cm³/mol. The minimum atomic E-state index is -0.514. The van der Waals surface area contributed by atoms with Crippen LogP contribution in [0.2, 0.25) is 0 Å². The molecule has 6 heteroatoms. The molecule has 1 spiro atoms. The first-order chi connectivity index (χ1) is 8.61. The van der Waals surface area contributed by atoms with Gasteiger partial charge < -0.3 is 16.0 Å². The summed E-state index contributed by atoms with van der Waals surface area (Å²) >= 11 is 1.73. The Kier molecular flexibility index (Phi) is 2.86. The van der Waals surface area contributed by atoms with Crippen LogP contribution in [0.4, 0.5) is 0 Å². The predicted octanol–water partition coefficient (Wildman–Crippen LogP) is 0.551. The number of thioether (sulfide) groups is 1. The number of nitrogens with zero attached hydrogens (tertiary/aromatic N) is 1. The van der Waals surface area contributed by atoms with Crippen LogP contribution in [-0.2, 0) is 4.79 Å². The van der Waals surface area contributed by atoms with Crippen molar-refractivity contribution in [2.45, 2.75) is 37.6 Å². The van der Waals surface area contributed by atoms with Crippen LogP contribution >= 0.6 is 11.8 Å². The molecule has 0 bridgehead atoms. The lowest BCUT2D eigenvalue weighted by molar-refractivity contribution is -0.124. The second kappa shape index (κ2) is 4.28. The van der Waals surface area contributed by atoms with Crippen LogP contribution in [-0.4, -0.2) is 35.7 Å². The van der Waals surface area contributed by atoms with E-state index in [2.05, 4.69) is 22.9 Å². The highest BCUT2D eigenvalue weighted by Crippen LogP contribution is 2.35. The van der Waals surface area contributed by atoms with Gasteiger partial charge in [-0.15, -0.1) is 0 Å². The maximum Gasteiger partial charge on any atom is 0.253 e. The van der Waals surface area contributed by atoms with Crippen LogP contribution in [0.3, 0.4) is 0 Å². The van der Waals surface area contributed by atoms with Crippen molar-refractivity contribution >= 4 is 23.5 Å². The molecule has 3 rings (SSSR count). The van der Waals surface area contributed by atoms with Crippen molar-refractivity contribution in [3.05, 3.63) is 10.6 Å². The van der Waals surface area contributed by atoms with Crippen molar-refractivity contribution in [1.29, 1.82) is 0 Å². The Labute approximate surface area is 111 Å². The van der Waals surface area contributed by atoms with Crippen LogP contribution in [0.25, 0.3) is 0 Å². The van der Waals surface area contributed by atoms with Crippen molar-refractivity contribution in [1.82, 2.24) is 16.0 Å². The van der Waals surface area contributed by atoms with E-state index in [1.54, 1.807) is 11.8 Å². The van der Waals surface area contributed by atoms with Crippen molar-refractivity contribution in [2.75, 3.05) is 13.1 Å². The summed E-state index contributed by atoms with van der Waals surface area (Å²) in [6.45, 7) is 5.88. The Morgan fingerprint density at radius 2 is 2.11 bits per heavy atom. The number of hydrogen-bond donors (Lipinski definition) is 3. The van der Waals surface area contributed by atoms with Crippen molar-refractivity contribution in [3.63, 3.8) is 0 Å². The molecule has 1 atom stereocenters.